The molecule has 94 valence electrons. The molecule has 0 aromatic heterocycles. The third kappa shape index (κ3) is 3.27. The second-order valence-electron chi connectivity index (χ2n) is 4.31. The molecule has 1 aromatic carbocycles. The minimum Gasteiger partial charge on any atom is -0.506 e. The summed E-state index contributed by atoms with van der Waals surface area (Å²) in [5.74, 6) is 0.624. The predicted molar refractivity (Wildman–Crippen MR) is 66.2 cm³/mol. The summed E-state index contributed by atoms with van der Waals surface area (Å²) in [6.07, 6.45) is 4.71. The molecule has 0 saturated carbocycles. The lowest BCUT2D eigenvalue weighted by molar-refractivity contribution is 0.0981. The molecular weight excluding hydrogens is 218 g/mol. The van der Waals surface area contributed by atoms with Gasteiger partial charge >= 0.3 is 0 Å². The highest BCUT2D eigenvalue weighted by molar-refractivity contribution is 5.61. The topological polar surface area (TPSA) is 64.7 Å². The van der Waals surface area contributed by atoms with Crippen LogP contribution in [0.15, 0.2) is 18.2 Å². The van der Waals surface area contributed by atoms with Crippen LogP contribution in [0.1, 0.15) is 25.7 Å². The third-order valence-corrected chi connectivity index (χ3v) is 3.00. The van der Waals surface area contributed by atoms with Crippen LogP contribution in [-0.4, -0.2) is 24.4 Å². The first-order chi connectivity index (χ1) is 8.27. The summed E-state index contributed by atoms with van der Waals surface area (Å²) in [5.41, 5.74) is 6.00. The molecule has 4 heteroatoms. The van der Waals surface area contributed by atoms with E-state index < -0.39 is 0 Å². The summed E-state index contributed by atoms with van der Waals surface area (Å²) >= 11 is 0. The Morgan fingerprint density at radius 2 is 2.35 bits per heavy atom. The van der Waals surface area contributed by atoms with Gasteiger partial charge in [-0.3, -0.25) is 0 Å². The van der Waals surface area contributed by atoms with Crippen LogP contribution >= 0.6 is 0 Å². The van der Waals surface area contributed by atoms with Gasteiger partial charge in [0.2, 0.25) is 0 Å². The van der Waals surface area contributed by atoms with Gasteiger partial charge in [-0.05, 0) is 37.8 Å². The Kier molecular flexibility index (Phi) is 4.09. The molecule has 1 unspecified atom stereocenters. The highest BCUT2D eigenvalue weighted by Crippen LogP contribution is 2.30. The zero-order chi connectivity index (χ0) is 12.1. The number of phenolic OH excluding ortho intramolecular Hbond substituents is 1. The summed E-state index contributed by atoms with van der Waals surface area (Å²) in [4.78, 5) is 0. The molecule has 0 radical (unpaired) electrons. The first kappa shape index (κ1) is 12.0. The van der Waals surface area contributed by atoms with Crippen LogP contribution in [0.5, 0.6) is 11.5 Å². The lowest BCUT2D eigenvalue weighted by Gasteiger charge is -2.11. The van der Waals surface area contributed by atoms with Gasteiger partial charge in [-0.25, -0.2) is 0 Å². The molecule has 1 heterocycles. The Hall–Kier alpha value is -1.42. The van der Waals surface area contributed by atoms with Gasteiger partial charge in [-0.1, -0.05) is 6.07 Å². The Labute approximate surface area is 101 Å². The number of para-hydroxylation sites is 1. The standard InChI is InChI=1S/C13H19NO3/c14-13-11(15)6-1-7-12(13)17-9-3-5-10-4-2-8-16-10/h1,6-7,10,15H,2-5,8-9,14H2. The van der Waals surface area contributed by atoms with Gasteiger partial charge in [-0.15, -0.1) is 0 Å². The molecule has 1 saturated heterocycles. The first-order valence-corrected chi connectivity index (χ1v) is 6.09. The van der Waals surface area contributed by atoms with E-state index in [4.69, 9.17) is 15.2 Å². The molecule has 1 atom stereocenters. The van der Waals surface area contributed by atoms with Crippen LogP contribution in [-0.2, 0) is 4.74 Å². The fourth-order valence-corrected chi connectivity index (χ4v) is 2.02. The largest absolute Gasteiger partial charge is 0.506 e. The normalized spacial score (nSPS) is 19.4. The minimum absolute atomic E-state index is 0.0710. The van der Waals surface area contributed by atoms with Gasteiger partial charge in [0, 0.05) is 6.61 Å². The summed E-state index contributed by atoms with van der Waals surface area (Å²) in [6.45, 7) is 1.50. The van der Waals surface area contributed by atoms with Gasteiger partial charge in [0.25, 0.3) is 0 Å². The molecule has 4 nitrogen and oxygen atoms in total. The minimum atomic E-state index is 0.0710. The van der Waals surface area contributed by atoms with E-state index in [1.165, 1.54) is 6.42 Å². The van der Waals surface area contributed by atoms with Gasteiger partial charge in [0.15, 0.2) is 0 Å². The van der Waals surface area contributed by atoms with Crippen molar-refractivity contribution in [1.82, 2.24) is 0 Å². The van der Waals surface area contributed by atoms with Crippen LogP contribution in [0.25, 0.3) is 0 Å². The third-order valence-electron chi connectivity index (χ3n) is 3.00. The fourth-order valence-electron chi connectivity index (χ4n) is 2.02. The number of nitrogen functional groups attached to an aromatic ring is 1. The van der Waals surface area contributed by atoms with Crippen LogP contribution in [0.4, 0.5) is 5.69 Å². The molecule has 1 fully saturated rings. The summed E-state index contributed by atoms with van der Waals surface area (Å²) < 4.78 is 11.1. The number of hydrogen-bond donors (Lipinski definition) is 2. The van der Waals surface area contributed by atoms with Crippen molar-refractivity contribution < 1.29 is 14.6 Å². The van der Waals surface area contributed by atoms with Crippen molar-refractivity contribution in [3.8, 4) is 11.5 Å². The fraction of sp³-hybridized carbons (Fsp3) is 0.538. The molecule has 1 aromatic rings. The second kappa shape index (κ2) is 5.77. The molecule has 3 N–H and O–H groups in total. The van der Waals surface area contributed by atoms with Crippen molar-refractivity contribution >= 4 is 5.69 Å². The number of phenols is 1. The number of anilines is 1. The van der Waals surface area contributed by atoms with E-state index in [2.05, 4.69) is 0 Å². The van der Waals surface area contributed by atoms with Crippen molar-refractivity contribution in [2.75, 3.05) is 18.9 Å². The summed E-state index contributed by atoms with van der Waals surface area (Å²) in [6, 6.07) is 5.04. The maximum atomic E-state index is 9.40. The monoisotopic (exact) mass is 237 g/mol. The molecule has 2 rings (SSSR count). The van der Waals surface area contributed by atoms with Crippen molar-refractivity contribution in [3.63, 3.8) is 0 Å². The van der Waals surface area contributed by atoms with Crippen molar-refractivity contribution in [1.29, 1.82) is 0 Å². The second-order valence-corrected chi connectivity index (χ2v) is 4.31. The Bertz CT molecular complexity index is 362. The quantitative estimate of drug-likeness (QED) is 0.468. The lowest BCUT2D eigenvalue weighted by atomic mass is 10.1. The molecule has 1 aliphatic heterocycles. The highest BCUT2D eigenvalue weighted by atomic mass is 16.5. The summed E-state index contributed by atoms with van der Waals surface area (Å²) in [5, 5.41) is 9.40. The Morgan fingerprint density at radius 3 is 3.12 bits per heavy atom. The van der Waals surface area contributed by atoms with Gasteiger partial charge in [-0.2, -0.15) is 0 Å². The van der Waals surface area contributed by atoms with Crippen LogP contribution in [0, 0.1) is 0 Å². The number of nitrogens with two attached hydrogens (primary N) is 1. The van der Waals surface area contributed by atoms with Crippen molar-refractivity contribution in [2.45, 2.75) is 31.8 Å². The van der Waals surface area contributed by atoms with E-state index in [1.807, 2.05) is 0 Å². The maximum Gasteiger partial charge on any atom is 0.145 e. The maximum absolute atomic E-state index is 9.40. The van der Waals surface area contributed by atoms with Crippen molar-refractivity contribution in [2.24, 2.45) is 0 Å². The average Bonchev–Trinajstić information content (AvgIpc) is 2.83. The van der Waals surface area contributed by atoms with E-state index in [1.54, 1.807) is 18.2 Å². The van der Waals surface area contributed by atoms with Crippen LogP contribution < -0.4 is 10.5 Å². The predicted octanol–water partition coefficient (Wildman–Crippen LogP) is 2.31. The zero-order valence-electron chi connectivity index (χ0n) is 9.89. The number of benzene rings is 1. The number of hydrogen-bond acceptors (Lipinski definition) is 4. The van der Waals surface area contributed by atoms with Crippen LogP contribution in [0.3, 0.4) is 0 Å². The van der Waals surface area contributed by atoms with E-state index in [-0.39, 0.29) is 5.75 Å². The van der Waals surface area contributed by atoms with Gasteiger partial charge in [0.05, 0.1) is 12.7 Å². The van der Waals surface area contributed by atoms with E-state index >= 15 is 0 Å². The molecule has 0 aliphatic carbocycles. The Balaban J connectivity index is 1.72. The average molecular weight is 237 g/mol. The molecular formula is C13H19NO3. The van der Waals surface area contributed by atoms with Gasteiger partial charge < -0.3 is 20.3 Å². The van der Waals surface area contributed by atoms with E-state index in [0.717, 1.165) is 25.9 Å². The van der Waals surface area contributed by atoms with Crippen molar-refractivity contribution in [3.05, 3.63) is 18.2 Å². The Morgan fingerprint density at radius 1 is 1.47 bits per heavy atom. The van der Waals surface area contributed by atoms with Gasteiger partial charge in [0.1, 0.15) is 17.2 Å². The zero-order valence-corrected chi connectivity index (χ0v) is 9.89. The molecule has 17 heavy (non-hydrogen) atoms. The lowest BCUT2D eigenvalue weighted by Crippen LogP contribution is -2.08. The molecule has 0 bridgehead atoms. The smallest absolute Gasteiger partial charge is 0.145 e. The first-order valence-electron chi connectivity index (χ1n) is 6.09. The highest BCUT2D eigenvalue weighted by Gasteiger charge is 2.14. The number of aromatic hydroxyl groups is 1. The van der Waals surface area contributed by atoms with E-state index in [0.29, 0.717) is 24.1 Å². The SMILES string of the molecule is Nc1c(O)cccc1OCCCC1CCCO1. The molecule has 1 aliphatic rings. The van der Waals surface area contributed by atoms with E-state index in [9.17, 15) is 5.11 Å². The molecule has 0 spiro atoms. The molecule has 0 amide bonds. The summed E-state index contributed by atoms with van der Waals surface area (Å²) in [7, 11) is 0. The van der Waals surface area contributed by atoms with Crippen LogP contribution in [0.2, 0.25) is 0 Å². The number of rotatable bonds is 5. The number of ether oxygens (including phenoxy) is 2.